The second-order valence-corrected chi connectivity index (χ2v) is 3.08. The van der Waals surface area contributed by atoms with Crippen molar-refractivity contribution in [3.05, 3.63) is 23.9 Å². The monoisotopic (exact) mass is 189 g/mol. The van der Waals surface area contributed by atoms with Crippen LogP contribution in [0.1, 0.15) is 5.69 Å². The minimum absolute atomic E-state index is 0.452. The van der Waals surface area contributed by atoms with Gasteiger partial charge in [0, 0.05) is 10.8 Å². The Morgan fingerprint density at radius 2 is 2.00 bits per heavy atom. The third-order valence-corrected chi connectivity index (χ3v) is 2.20. The average Bonchev–Trinajstić information content (AvgIpc) is 2.23. The number of aryl methyl sites for hydroxylation is 1. The lowest BCUT2D eigenvalue weighted by atomic mass is 10.1. The van der Waals surface area contributed by atoms with Crippen LogP contribution in [0.3, 0.4) is 0 Å². The van der Waals surface area contributed by atoms with Crippen molar-refractivity contribution in [1.82, 2.24) is 10.2 Å². The van der Waals surface area contributed by atoms with E-state index in [2.05, 4.69) is 10.2 Å². The van der Waals surface area contributed by atoms with Crippen molar-refractivity contribution >= 4 is 16.6 Å². The number of ether oxygens (including phenoxy) is 1. The molecule has 2 aromatic rings. The Labute approximate surface area is 81.7 Å². The van der Waals surface area contributed by atoms with Gasteiger partial charge in [0.25, 0.3) is 0 Å². The number of benzene rings is 1. The van der Waals surface area contributed by atoms with Crippen molar-refractivity contribution in [3.63, 3.8) is 0 Å². The molecule has 0 aliphatic heterocycles. The lowest BCUT2D eigenvalue weighted by Crippen LogP contribution is -1.97. The Morgan fingerprint density at radius 3 is 2.71 bits per heavy atom. The molecule has 0 saturated carbocycles. The van der Waals surface area contributed by atoms with Gasteiger partial charge in [-0.3, -0.25) is 0 Å². The number of hydrogen-bond acceptors (Lipinski definition) is 4. The van der Waals surface area contributed by atoms with Gasteiger partial charge in [0.2, 0.25) is 0 Å². The van der Waals surface area contributed by atoms with Crippen molar-refractivity contribution in [3.8, 4) is 5.75 Å². The first kappa shape index (κ1) is 8.74. The quantitative estimate of drug-likeness (QED) is 0.739. The third kappa shape index (κ3) is 1.25. The highest BCUT2D eigenvalue weighted by molar-refractivity contribution is 5.92. The molecule has 0 radical (unpaired) electrons. The van der Waals surface area contributed by atoms with Crippen molar-refractivity contribution in [2.75, 3.05) is 12.8 Å². The third-order valence-electron chi connectivity index (χ3n) is 2.20. The maximum absolute atomic E-state index is 5.70. The molecule has 1 heterocycles. The number of nitrogen functional groups attached to an aromatic ring is 1. The van der Waals surface area contributed by atoms with Gasteiger partial charge < -0.3 is 10.5 Å². The van der Waals surface area contributed by atoms with E-state index < -0.39 is 0 Å². The molecule has 0 aliphatic carbocycles. The number of aromatic nitrogens is 2. The summed E-state index contributed by atoms with van der Waals surface area (Å²) in [5, 5.41) is 9.70. The molecule has 1 aromatic heterocycles. The molecule has 0 saturated heterocycles. The summed E-state index contributed by atoms with van der Waals surface area (Å²) >= 11 is 0. The van der Waals surface area contributed by atoms with Gasteiger partial charge in [-0.1, -0.05) is 0 Å². The van der Waals surface area contributed by atoms with Crippen LogP contribution in [0, 0.1) is 6.92 Å². The maximum atomic E-state index is 5.70. The van der Waals surface area contributed by atoms with E-state index in [1.807, 2.05) is 25.1 Å². The van der Waals surface area contributed by atoms with Crippen molar-refractivity contribution in [2.24, 2.45) is 0 Å². The highest BCUT2D eigenvalue weighted by Crippen LogP contribution is 2.24. The average molecular weight is 189 g/mol. The van der Waals surface area contributed by atoms with E-state index in [1.54, 1.807) is 7.11 Å². The molecule has 4 nitrogen and oxygen atoms in total. The SMILES string of the molecule is COc1ccc2c(N)nnc(C)c2c1. The number of methoxy groups -OCH3 is 1. The van der Waals surface area contributed by atoms with Crippen LogP contribution in [0.15, 0.2) is 18.2 Å². The van der Waals surface area contributed by atoms with E-state index >= 15 is 0 Å². The number of nitrogens with two attached hydrogens (primary N) is 1. The standard InChI is InChI=1S/C10H11N3O/c1-6-9-5-7(14-2)3-4-8(9)10(11)13-12-6/h3-5H,1-2H3,(H2,11,13). The Balaban J connectivity index is 2.80. The summed E-state index contributed by atoms with van der Waals surface area (Å²) in [5.41, 5.74) is 6.56. The lowest BCUT2D eigenvalue weighted by molar-refractivity contribution is 0.415. The predicted molar refractivity (Wildman–Crippen MR) is 55.2 cm³/mol. The first-order valence-electron chi connectivity index (χ1n) is 4.29. The van der Waals surface area contributed by atoms with Crippen molar-refractivity contribution < 1.29 is 4.74 Å². The molecule has 0 unspecified atom stereocenters. The zero-order chi connectivity index (χ0) is 10.1. The van der Waals surface area contributed by atoms with Gasteiger partial charge in [-0.05, 0) is 25.1 Å². The molecule has 0 atom stereocenters. The first-order valence-corrected chi connectivity index (χ1v) is 4.29. The van der Waals surface area contributed by atoms with Gasteiger partial charge >= 0.3 is 0 Å². The van der Waals surface area contributed by atoms with Gasteiger partial charge in [-0.2, -0.15) is 5.10 Å². The van der Waals surface area contributed by atoms with Crippen LogP contribution in [0.2, 0.25) is 0 Å². The van der Waals surface area contributed by atoms with Crippen LogP contribution in [0.5, 0.6) is 5.75 Å². The molecular formula is C10H11N3O. The van der Waals surface area contributed by atoms with Crippen molar-refractivity contribution in [1.29, 1.82) is 0 Å². The number of nitrogens with zero attached hydrogens (tertiary/aromatic N) is 2. The molecule has 1 aromatic carbocycles. The Kier molecular flexibility index (Phi) is 1.96. The number of hydrogen-bond donors (Lipinski definition) is 1. The van der Waals surface area contributed by atoms with E-state index in [-0.39, 0.29) is 0 Å². The summed E-state index contributed by atoms with van der Waals surface area (Å²) in [6.07, 6.45) is 0. The normalized spacial score (nSPS) is 10.4. The van der Waals surface area contributed by atoms with E-state index in [1.165, 1.54) is 0 Å². The number of fused-ring (bicyclic) bond motifs is 1. The fourth-order valence-corrected chi connectivity index (χ4v) is 1.41. The van der Waals surface area contributed by atoms with Gasteiger partial charge in [0.15, 0.2) is 5.82 Å². The molecule has 0 spiro atoms. The number of anilines is 1. The van der Waals surface area contributed by atoms with Crippen LogP contribution in [-0.2, 0) is 0 Å². The smallest absolute Gasteiger partial charge is 0.154 e. The van der Waals surface area contributed by atoms with Gasteiger partial charge in [-0.25, -0.2) is 0 Å². The van der Waals surface area contributed by atoms with Crippen LogP contribution >= 0.6 is 0 Å². The van der Waals surface area contributed by atoms with E-state index in [0.29, 0.717) is 5.82 Å². The summed E-state index contributed by atoms with van der Waals surface area (Å²) in [7, 11) is 1.63. The zero-order valence-corrected chi connectivity index (χ0v) is 8.11. The molecule has 2 N–H and O–H groups in total. The molecule has 0 amide bonds. The summed E-state index contributed by atoms with van der Waals surface area (Å²) in [4.78, 5) is 0. The summed E-state index contributed by atoms with van der Waals surface area (Å²) in [6, 6.07) is 5.67. The van der Waals surface area contributed by atoms with E-state index in [9.17, 15) is 0 Å². The summed E-state index contributed by atoms with van der Waals surface area (Å²) in [6.45, 7) is 1.90. The highest BCUT2D eigenvalue weighted by Gasteiger charge is 2.04. The second kappa shape index (κ2) is 3.14. The minimum atomic E-state index is 0.452. The largest absolute Gasteiger partial charge is 0.497 e. The van der Waals surface area contributed by atoms with Crippen LogP contribution in [-0.4, -0.2) is 17.3 Å². The molecule has 72 valence electrons. The van der Waals surface area contributed by atoms with Gasteiger partial charge in [0.1, 0.15) is 5.75 Å². The molecule has 2 rings (SSSR count). The minimum Gasteiger partial charge on any atom is -0.497 e. The zero-order valence-electron chi connectivity index (χ0n) is 8.11. The number of rotatable bonds is 1. The van der Waals surface area contributed by atoms with Crippen LogP contribution in [0.25, 0.3) is 10.8 Å². The highest BCUT2D eigenvalue weighted by atomic mass is 16.5. The van der Waals surface area contributed by atoms with E-state index in [4.69, 9.17) is 10.5 Å². The Bertz CT molecular complexity index is 482. The molecule has 0 fully saturated rings. The summed E-state index contributed by atoms with van der Waals surface area (Å²) < 4.78 is 5.13. The van der Waals surface area contributed by atoms with Gasteiger partial charge in [0.05, 0.1) is 12.8 Å². The van der Waals surface area contributed by atoms with Gasteiger partial charge in [-0.15, -0.1) is 5.10 Å². The maximum Gasteiger partial charge on any atom is 0.154 e. The van der Waals surface area contributed by atoms with Crippen LogP contribution < -0.4 is 10.5 Å². The first-order chi connectivity index (χ1) is 6.72. The molecule has 0 bridgehead atoms. The molecule has 14 heavy (non-hydrogen) atoms. The summed E-state index contributed by atoms with van der Waals surface area (Å²) in [5.74, 6) is 1.25. The van der Waals surface area contributed by atoms with Crippen molar-refractivity contribution in [2.45, 2.75) is 6.92 Å². The Morgan fingerprint density at radius 1 is 1.21 bits per heavy atom. The van der Waals surface area contributed by atoms with E-state index in [0.717, 1.165) is 22.2 Å². The predicted octanol–water partition coefficient (Wildman–Crippen LogP) is 1.53. The molecule has 0 aliphatic rings. The fourth-order valence-electron chi connectivity index (χ4n) is 1.41. The fraction of sp³-hybridized carbons (Fsp3) is 0.200. The molecular weight excluding hydrogens is 178 g/mol. The molecule has 4 heteroatoms. The lowest BCUT2D eigenvalue weighted by Gasteiger charge is -2.05. The topological polar surface area (TPSA) is 61.0 Å². The second-order valence-electron chi connectivity index (χ2n) is 3.08. The van der Waals surface area contributed by atoms with Crippen LogP contribution in [0.4, 0.5) is 5.82 Å². The Hall–Kier alpha value is -1.84.